The van der Waals surface area contributed by atoms with Crippen LogP contribution in [0.4, 0.5) is 17.1 Å². The molecule has 158 valence electrons. The zero-order chi connectivity index (χ0) is 22.3. The van der Waals surface area contributed by atoms with Crippen LogP contribution in [-0.4, -0.2) is 29.3 Å². The van der Waals surface area contributed by atoms with Crippen LogP contribution in [-0.2, 0) is 19.1 Å². The van der Waals surface area contributed by atoms with E-state index in [1.165, 1.54) is 30.3 Å². The first kappa shape index (κ1) is 23.1. The second-order valence-corrected chi connectivity index (χ2v) is 6.96. The number of carbonyl (C=O) groups excluding carboxylic acids is 3. The number of anilines is 2. The zero-order valence-corrected chi connectivity index (χ0v) is 17.2. The van der Waals surface area contributed by atoms with Gasteiger partial charge in [0.2, 0.25) is 5.91 Å². The van der Waals surface area contributed by atoms with Gasteiger partial charge in [-0.3, -0.25) is 24.5 Å². The van der Waals surface area contributed by atoms with Crippen molar-refractivity contribution in [3.8, 4) is 0 Å². The number of nitrogens with one attached hydrogen (secondary N) is 2. The summed E-state index contributed by atoms with van der Waals surface area (Å²) in [6.07, 6.45) is -0.401. The minimum Gasteiger partial charge on any atom is -0.456 e. The molecule has 11 heteroatoms. The Balaban J connectivity index is 1.75. The van der Waals surface area contributed by atoms with E-state index in [1.807, 2.05) is 0 Å². The summed E-state index contributed by atoms with van der Waals surface area (Å²) in [6, 6.07) is 8.75. The van der Waals surface area contributed by atoms with Crippen molar-refractivity contribution >= 4 is 58.0 Å². The van der Waals surface area contributed by atoms with Gasteiger partial charge in [0.05, 0.1) is 21.4 Å². The van der Waals surface area contributed by atoms with Gasteiger partial charge in [-0.15, -0.1) is 0 Å². The van der Waals surface area contributed by atoms with Crippen LogP contribution in [0.25, 0.3) is 0 Å². The molecule has 0 saturated heterocycles. The average molecular weight is 454 g/mol. The van der Waals surface area contributed by atoms with Crippen LogP contribution in [0.5, 0.6) is 0 Å². The molecule has 30 heavy (non-hydrogen) atoms. The summed E-state index contributed by atoms with van der Waals surface area (Å²) in [4.78, 5) is 45.8. The second-order valence-electron chi connectivity index (χ2n) is 6.14. The number of rotatable bonds is 8. The third-order valence-electron chi connectivity index (χ3n) is 3.81. The van der Waals surface area contributed by atoms with E-state index in [4.69, 9.17) is 27.9 Å². The minimum absolute atomic E-state index is 0.141. The Labute approximate surface area is 181 Å². The number of hydrogen-bond donors (Lipinski definition) is 2. The van der Waals surface area contributed by atoms with E-state index in [0.29, 0.717) is 16.3 Å². The molecular formula is C19H17Cl2N3O6. The second kappa shape index (κ2) is 10.6. The number of halogens is 2. The normalized spacial score (nSPS) is 10.2. The molecule has 2 amide bonds. The number of carbonyl (C=O) groups is 3. The van der Waals surface area contributed by atoms with Gasteiger partial charge in [-0.2, -0.15) is 0 Å². The summed E-state index contributed by atoms with van der Waals surface area (Å²) in [7, 11) is 0. The first-order valence-electron chi connectivity index (χ1n) is 8.61. The van der Waals surface area contributed by atoms with Crippen molar-refractivity contribution in [2.75, 3.05) is 17.2 Å². The number of amides is 2. The highest BCUT2D eigenvalue weighted by atomic mass is 35.5. The Kier molecular flexibility index (Phi) is 8.14. The van der Waals surface area contributed by atoms with Crippen molar-refractivity contribution in [2.45, 2.75) is 19.8 Å². The number of nitro benzene ring substituents is 1. The standard InChI is InChI=1S/C19H17Cl2N3O6/c1-11-2-3-13(9-16(11)24(28)29)23-18(26)10-30-19(27)7-6-17(25)22-12-4-5-14(20)15(21)8-12/h2-5,8-9H,6-7,10H2,1H3,(H,22,25)(H,23,26). The Hall–Kier alpha value is -3.17. The molecule has 0 saturated carbocycles. The first-order chi connectivity index (χ1) is 14.2. The number of ether oxygens (including phenoxy) is 1. The van der Waals surface area contributed by atoms with Crippen molar-refractivity contribution in [3.05, 3.63) is 62.1 Å². The van der Waals surface area contributed by atoms with Gasteiger partial charge in [0, 0.05) is 29.4 Å². The molecule has 0 bridgehead atoms. The highest BCUT2D eigenvalue weighted by Crippen LogP contribution is 2.25. The zero-order valence-electron chi connectivity index (χ0n) is 15.7. The van der Waals surface area contributed by atoms with Crippen LogP contribution < -0.4 is 10.6 Å². The molecule has 2 aromatic rings. The number of esters is 1. The summed E-state index contributed by atoms with van der Waals surface area (Å²) in [5, 5.41) is 16.5. The van der Waals surface area contributed by atoms with Gasteiger partial charge >= 0.3 is 5.97 Å². The molecule has 0 unspecified atom stereocenters. The molecule has 2 rings (SSSR count). The number of benzene rings is 2. The lowest BCUT2D eigenvalue weighted by atomic mass is 10.2. The molecule has 0 fully saturated rings. The van der Waals surface area contributed by atoms with Gasteiger partial charge in [0.25, 0.3) is 11.6 Å². The molecule has 0 aliphatic rings. The predicted octanol–water partition coefficient (Wildman–Crippen LogP) is 4.11. The quantitative estimate of drug-likeness (QED) is 0.351. The molecule has 2 N–H and O–H groups in total. The predicted molar refractivity (Wildman–Crippen MR) is 112 cm³/mol. The van der Waals surface area contributed by atoms with Crippen molar-refractivity contribution in [1.29, 1.82) is 0 Å². The third kappa shape index (κ3) is 7.02. The van der Waals surface area contributed by atoms with E-state index in [9.17, 15) is 24.5 Å². The van der Waals surface area contributed by atoms with Gasteiger partial charge in [0.1, 0.15) is 0 Å². The van der Waals surface area contributed by atoms with Crippen molar-refractivity contribution in [1.82, 2.24) is 0 Å². The lowest BCUT2D eigenvalue weighted by Gasteiger charge is -2.08. The van der Waals surface area contributed by atoms with E-state index >= 15 is 0 Å². The Bertz CT molecular complexity index is 996. The number of nitro groups is 1. The highest BCUT2D eigenvalue weighted by molar-refractivity contribution is 6.42. The molecular weight excluding hydrogens is 437 g/mol. The lowest BCUT2D eigenvalue weighted by molar-refractivity contribution is -0.385. The molecule has 9 nitrogen and oxygen atoms in total. The maximum atomic E-state index is 11.9. The summed E-state index contributed by atoms with van der Waals surface area (Å²) in [5.41, 5.74) is 0.935. The fourth-order valence-corrected chi connectivity index (χ4v) is 2.61. The fourth-order valence-electron chi connectivity index (χ4n) is 2.31. The first-order valence-corrected chi connectivity index (χ1v) is 9.36. The summed E-state index contributed by atoms with van der Waals surface area (Å²) in [5.74, 6) is -1.85. The topological polar surface area (TPSA) is 128 Å². The molecule has 0 radical (unpaired) electrons. The molecule has 2 aromatic carbocycles. The molecule has 0 aromatic heterocycles. The monoisotopic (exact) mass is 453 g/mol. The van der Waals surface area contributed by atoms with E-state index in [1.54, 1.807) is 13.0 Å². The summed E-state index contributed by atoms with van der Waals surface area (Å²) < 4.78 is 4.81. The van der Waals surface area contributed by atoms with Crippen LogP contribution in [0.15, 0.2) is 36.4 Å². The molecule has 0 aliphatic carbocycles. The maximum Gasteiger partial charge on any atom is 0.306 e. The van der Waals surface area contributed by atoms with Crippen molar-refractivity contribution in [3.63, 3.8) is 0 Å². The van der Waals surface area contributed by atoms with E-state index < -0.39 is 29.3 Å². The SMILES string of the molecule is Cc1ccc(NC(=O)COC(=O)CCC(=O)Nc2ccc(Cl)c(Cl)c2)cc1[N+](=O)[O-]. The summed E-state index contributed by atoms with van der Waals surface area (Å²) >= 11 is 11.6. The van der Waals surface area contributed by atoms with E-state index in [2.05, 4.69) is 10.6 Å². The van der Waals surface area contributed by atoms with Crippen LogP contribution >= 0.6 is 23.2 Å². The third-order valence-corrected chi connectivity index (χ3v) is 4.55. The van der Waals surface area contributed by atoms with Gasteiger partial charge in [0.15, 0.2) is 6.61 Å². The largest absolute Gasteiger partial charge is 0.456 e. The summed E-state index contributed by atoms with van der Waals surface area (Å²) in [6.45, 7) is 0.984. The van der Waals surface area contributed by atoms with Gasteiger partial charge in [-0.1, -0.05) is 29.3 Å². The van der Waals surface area contributed by atoms with Crippen LogP contribution in [0.3, 0.4) is 0 Å². The Morgan fingerprint density at radius 1 is 0.967 bits per heavy atom. The van der Waals surface area contributed by atoms with Gasteiger partial charge in [-0.05, 0) is 31.2 Å². The maximum absolute atomic E-state index is 11.9. The Morgan fingerprint density at radius 2 is 1.60 bits per heavy atom. The van der Waals surface area contributed by atoms with Crippen LogP contribution in [0.2, 0.25) is 10.0 Å². The van der Waals surface area contributed by atoms with Crippen molar-refractivity contribution in [2.24, 2.45) is 0 Å². The van der Waals surface area contributed by atoms with Crippen LogP contribution in [0, 0.1) is 17.0 Å². The van der Waals surface area contributed by atoms with E-state index in [-0.39, 0.29) is 29.2 Å². The lowest BCUT2D eigenvalue weighted by Crippen LogP contribution is -2.21. The average Bonchev–Trinajstić information content (AvgIpc) is 2.69. The fraction of sp³-hybridized carbons (Fsp3) is 0.211. The molecule has 0 aliphatic heterocycles. The number of aryl methyl sites for hydroxylation is 1. The molecule has 0 spiro atoms. The van der Waals surface area contributed by atoms with E-state index in [0.717, 1.165) is 0 Å². The Morgan fingerprint density at radius 3 is 2.27 bits per heavy atom. The number of hydrogen-bond acceptors (Lipinski definition) is 6. The molecule has 0 atom stereocenters. The van der Waals surface area contributed by atoms with Gasteiger partial charge < -0.3 is 15.4 Å². The van der Waals surface area contributed by atoms with Crippen molar-refractivity contribution < 1.29 is 24.0 Å². The minimum atomic E-state index is -0.746. The van der Waals surface area contributed by atoms with Gasteiger partial charge in [-0.25, -0.2) is 0 Å². The smallest absolute Gasteiger partial charge is 0.306 e. The highest BCUT2D eigenvalue weighted by Gasteiger charge is 2.14. The van der Waals surface area contributed by atoms with Crippen LogP contribution in [0.1, 0.15) is 18.4 Å². The number of nitrogens with zero attached hydrogens (tertiary/aromatic N) is 1. The molecule has 0 heterocycles.